The van der Waals surface area contributed by atoms with Crippen molar-refractivity contribution in [3.8, 4) is 5.88 Å². The lowest BCUT2D eigenvalue weighted by atomic mass is 10.3. The third kappa shape index (κ3) is 2.53. The summed E-state index contributed by atoms with van der Waals surface area (Å²) in [5, 5.41) is 7.58. The van der Waals surface area contributed by atoms with Crippen molar-refractivity contribution in [2.45, 2.75) is 12.5 Å². The lowest BCUT2D eigenvalue weighted by Gasteiger charge is -2.15. The van der Waals surface area contributed by atoms with Crippen LogP contribution in [0.25, 0.3) is 0 Å². The fourth-order valence-electron chi connectivity index (χ4n) is 2.15. The van der Waals surface area contributed by atoms with Crippen LogP contribution in [0.2, 0.25) is 0 Å². The van der Waals surface area contributed by atoms with Gasteiger partial charge in [-0.1, -0.05) is 0 Å². The number of nitrogens with one attached hydrogen (secondary N) is 2. The SMILES string of the molecule is O=C(c1c[nH]c(=O)[nH]1)N1CC[C@@H](Oc2cccnn2)C1. The molecule has 1 atom stereocenters. The van der Waals surface area contributed by atoms with Crippen LogP contribution in [0.15, 0.2) is 29.3 Å². The highest BCUT2D eigenvalue weighted by molar-refractivity contribution is 5.92. The van der Waals surface area contributed by atoms with Gasteiger partial charge in [0.2, 0.25) is 5.88 Å². The number of aromatic nitrogens is 4. The van der Waals surface area contributed by atoms with Crippen LogP contribution in [-0.2, 0) is 0 Å². The quantitative estimate of drug-likeness (QED) is 0.806. The van der Waals surface area contributed by atoms with Gasteiger partial charge in [-0.15, -0.1) is 5.10 Å². The molecule has 104 valence electrons. The molecule has 0 aliphatic carbocycles. The zero-order valence-electron chi connectivity index (χ0n) is 10.6. The summed E-state index contributed by atoms with van der Waals surface area (Å²) >= 11 is 0. The van der Waals surface area contributed by atoms with Crippen LogP contribution >= 0.6 is 0 Å². The number of imidazole rings is 1. The molecule has 8 nitrogen and oxygen atoms in total. The number of hydrogen-bond donors (Lipinski definition) is 2. The van der Waals surface area contributed by atoms with Crippen LogP contribution in [0, 0.1) is 0 Å². The van der Waals surface area contributed by atoms with Crippen molar-refractivity contribution >= 4 is 5.91 Å². The minimum atomic E-state index is -0.389. The second kappa shape index (κ2) is 5.16. The first-order valence-corrected chi connectivity index (χ1v) is 6.24. The number of H-pyrrole nitrogens is 2. The smallest absolute Gasteiger partial charge is 0.323 e. The number of rotatable bonds is 3. The van der Waals surface area contributed by atoms with Gasteiger partial charge in [0.25, 0.3) is 5.91 Å². The first kappa shape index (κ1) is 12.4. The lowest BCUT2D eigenvalue weighted by molar-refractivity contribution is 0.0765. The monoisotopic (exact) mass is 275 g/mol. The Kier molecular flexibility index (Phi) is 3.20. The predicted molar refractivity (Wildman–Crippen MR) is 68.4 cm³/mol. The first-order valence-electron chi connectivity index (χ1n) is 6.24. The molecule has 0 bridgehead atoms. The molecule has 1 aliphatic heterocycles. The highest BCUT2D eigenvalue weighted by Crippen LogP contribution is 2.17. The van der Waals surface area contributed by atoms with Gasteiger partial charge in [-0.2, -0.15) is 5.10 Å². The Labute approximate surface area is 113 Å². The molecule has 1 saturated heterocycles. The van der Waals surface area contributed by atoms with Gasteiger partial charge in [0, 0.05) is 31.4 Å². The van der Waals surface area contributed by atoms with E-state index in [9.17, 15) is 9.59 Å². The van der Waals surface area contributed by atoms with Gasteiger partial charge in [-0.3, -0.25) is 4.79 Å². The Morgan fingerprint density at radius 1 is 1.50 bits per heavy atom. The molecule has 0 saturated carbocycles. The molecule has 2 aromatic heterocycles. The molecule has 0 radical (unpaired) electrons. The van der Waals surface area contributed by atoms with Crippen molar-refractivity contribution in [2.24, 2.45) is 0 Å². The standard InChI is InChI=1S/C12H13N5O3/c18-11(9-6-13-12(19)15-9)17-5-3-8(7-17)20-10-2-1-4-14-16-10/h1-2,4,6,8H,3,5,7H2,(H2,13,15,19)/t8-/m1/s1. The van der Waals surface area contributed by atoms with Crippen molar-refractivity contribution in [3.05, 3.63) is 40.7 Å². The molecular weight excluding hydrogens is 262 g/mol. The number of nitrogens with zero attached hydrogens (tertiary/aromatic N) is 3. The van der Waals surface area contributed by atoms with Crippen molar-refractivity contribution < 1.29 is 9.53 Å². The van der Waals surface area contributed by atoms with E-state index in [2.05, 4.69) is 20.2 Å². The second-order valence-electron chi connectivity index (χ2n) is 4.50. The summed E-state index contributed by atoms with van der Waals surface area (Å²) in [6, 6.07) is 3.46. The zero-order chi connectivity index (χ0) is 13.9. The number of hydrogen-bond acceptors (Lipinski definition) is 5. The third-order valence-electron chi connectivity index (χ3n) is 3.09. The van der Waals surface area contributed by atoms with E-state index in [-0.39, 0.29) is 23.4 Å². The Bertz CT molecular complexity index is 650. The Morgan fingerprint density at radius 3 is 3.10 bits per heavy atom. The minimum absolute atomic E-state index is 0.110. The number of ether oxygens (including phenoxy) is 1. The zero-order valence-corrected chi connectivity index (χ0v) is 10.6. The molecule has 0 spiro atoms. The van der Waals surface area contributed by atoms with Gasteiger partial charge in [0.15, 0.2) is 0 Å². The summed E-state index contributed by atoms with van der Waals surface area (Å²) in [7, 11) is 0. The minimum Gasteiger partial charge on any atom is -0.471 e. The van der Waals surface area contributed by atoms with Gasteiger partial charge in [-0.25, -0.2) is 4.79 Å². The van der Waals surface area contributed by atoms with E-state index in [0.29, 0.717) is 19.0 Å². The van der Waals surface area contributed by atoms with Crippen LogP contribution < -0.4 is 10.4 Å². The summed E-state index contributed by atoms with van der Waals surface area (Å²) in [5.41, 5.74) is -0.130. The van der Waals surface area contributed by atoms with Crippen LogP contribution in [0.4, 0.5) is 0 Å². The average Bonchev–Trinajstić information content (AvgIpc) is 3.08. The molecular formula is C12H13N5O3. The fourth-order valence-corrected chi connectivity index (χ4v) is 2.15. The molecule has 3 rings (SSSR count). The summed E-state index contributed by atoms with van der Waals surface area (Å²) in [6.45, 7) is 1.04. The molecule has 1 aliphatic rings. The van der Waals surface area contributed by atoms with Crippen molar-refractivity contribution in [1.29, 1.82) is 0 Å². The summed E-state index contributed by atoms with van der Waals surface area (Å²) < 4.78 is 5.65. The van der Waals surface area contributed by atoms with Crippen molar-refractivity contribution in [2.75, 3.05) is 13.1 Å². The van der Waals surface area contributed by atoms with Crippen molar-refractivity contribution in [1.82, 2.24) is 25.1 Å². The van der Waals surface area contributed by atoms with Gasteiger partial charge in [0.05, 0.1) is 6.54 Å². The van der Waals surface area contributed by atoms with Crippen molar-refractivity contribution in [3.63, 3.8) is 0 Å². The van der Waals surface area contributed by atoms with E-state index < -0.39 is 0 Å². The largest absolute Gasteiger partial charge is 0.471 e. The predicted octanol–water partition coefficient (Wildman–Crippen LogP) is -0.214. The molecule has 8 heteroatoms. The summed E-state index contributed by atoms with van der Waals surface area (Å²) in [6.07, 6.45) is 3.55. The average molecular weight is 275 g/mol. The number of aromatic amines is 2. The fraction of sp³-hybridized carbons (Fsp3) is 0.333. The molecule has 20 heavy (non-hydrogen) atoms. The first-order chi connectivity index (χ1) is 9.72. The van der Waals surface area contributed by atoms with E-state index in [4.69, 9.17) is 4.74 Å². The summed E-state index contributed by atoms with van der Waals surface area (Å²) in [4.78, 5) is 29.6. The van der Waals surface area contributed by atoms with Crippen LogP contribution in [0.1, 0.15) is 16.9 Å². The van der Waals surface area contributed by atoms with E-state index in [1.54, 1.807) is 23.2 Å². The maximum atomic E-state index is 12.1. The Hall–Kier alpha value is -2.64. The summed E-state index contributed by atoms with van der Waals surface area (Å²) in [5.74, 6) is 0.232. The Balaban J connectivity index is 1.62. The molecule has 0 aromatic carbocycles. The third-order valence-corrected chi connectivity index (χ3v) is 3.09. The van der Waals surface area contributed by atoms with E-state index >= 15 is 0 Å². The molecule has 2 N–H and O–H groups in total. The van der Waals surface area contributed by atoms with Crippen LogP contribution in [-0.4, -0.2) is 50.2 Å². The van der Waals surface area contributed by atoms with Gasteiger partial charge < -0.3 is 19.6 Å². The highest BCUT2D eigenvalue weighted by atomic mass is 16.5. The highest BCUT2D eigenvalue weighted by Gasteiger charge is 2.29. The Morgan fingerprint density at radius 2 is 2.40 bits per heavy atom. The number of amides is 1. The number of likely N-dealkylation sites (tertiary alicyclic amines) is 1. The topological polar surface area (TPSA) is 104 Å². The molecule has 0 unspecified atom stereocenters. The van der Waals surface area contributed by atoms with Gasteiger partial charge in [0.1, 0.15) is 11.8 Å². The van der Waals surface area contributed by atoms with Gasteiger partial charge in [-0.05, 0) is 6.07 Å². The number of carbonyl (C=O) groups is 1. The number of carbonyl (C=O) groups excluding carboxylic acids is 1. The molecule has 1 fully saturated rings. The maximum Gasteiger partial charge on any atom is 0.323 e. The maximum absolute atomic E-state index is 12.1. The molecule has 2 aromatic rings. The van der Waals surface area contributed by atoms with E-state index in [1.165, 1.54) is 6.20 Å². The normalized spacial score (nSPS) is 18.2. The van der Waals surface area contributed by atoms with Crippen LogP contribution in [0.3, 0.4) is 0 Å². The lowest BCUT2D eigenvalue weighted by Crippen LogP contribution is -2.31. The van der Waals surface area contributed by atoms with E-state index in [0.717, 1.165) is 6.42 Å². The molecule has 3 heterocycles. The van der Waals surface area contributed by atoms with E-state index in [1.807, 2.05) is 0 Å². The second-order valence-corrected chi connectivity index (χ2v) is 4.50. The van der Waals surface area contributed by atoms with Crippen LogP contribution in [0.5, 0.6) is 5.88 Å². The molecule has 1 amide bonds. The van der Waals surface area contributed by atoms with Gasteiger partial charge >= 0.3 is 5.69 Å².